The van der Waals surface area contributed by atoms with Gasteiger partial charge in [0.25, 0.3) is 0 Å². The number of anilines is 1. The third-order valence-corrected chi connectivity index (χ3v) is 3.45. The van der Waals surface area contributed by atoms with E-state index in [1.165, 1.54) is 0 Å². The molecule has 1 amide bonds. The quantitative estimate of drug-likeness (QED) is 0.847. The molecule has 1 aromatic rings. The molecule has 1 unspecified atom stereocenters. The summed E-state index contributed by atoms with van der Waals surface area (Å²) in [5.74, 6) is 1.87. The molecule has 2 rings (SSSR count). The van der Waals surface area contributed by atoms with E-state index in [-0.39, 0.29) is 5.91 Å². The first-order valence-electron chi connectivity index (χ1n) is 6.13. The van der Waals surface area contributed by atoms with E-state index in [9.17, 15) is 4.79 Å². The van der Waals surface area contributed by atoms with Gasteiger partial charge in [-0.2, -0.15) is 5.10 Å². The summed E-state index contributed by atoms with van der Waals surface area (Å²) in [6, 6.07) is 1.77. The second-order valence-corrected chi connectivity index (χ2v) is 5.05. The molecular formula is C12H20N4O. The van der Waals surface area contributed by atoms with Crippen LogP contribution in [0.2, 0.25) is 0 Å². The van der Waals surface area contributed by atoms with E-state index in [0.29, 0.717) is 30.6 Å². The second-order valence-electron chi connectivity index (χ2n) is 5.05. The molecule has 1 fully saturated rings. The molecule has 1 saturated heterocycles. The maximum atomic E-state index is 11.8. The van der Waals surface area contributed by atoms with Crippen molar-refractivity contribution < 1.29 is 4.79 Å². The fourth-order valence-electron chi connectivity index (χ4n) is 2.19. The summed E-state index contributed by atoms with van der Waals surface area (Å²) in [7, 11) is 0. The van der Waals surface area contributed by atoms with Crippen LogP contribution in [-0.4, -0.2) is 33.7 Å². The van der Waals surface area contributed by atoms with E-state index in [0.717, 1.165) is 13.1 Å². The Balaban J connectivity index is 1.86. The van der Waals surface area contributed by atoms with Gasteiger partial charge in [0.15, 0.2) is 0 Å². The Hall–Kier alpha value is -1.52. The largest absolute Gasteiger partial charge is 0.382 e. The highest BCUT2D eigenvalue weighted by Gasteiger charge is 2.30. The van der Waals surface area contributed by atoms with E-state index in [1.54, 1.807) is 10.7 Å². The lowest BCUT2D eigenvalue weighted by Gasteiger charge is -2.17. The van der Waals surface area contributed by atoms with Crippen LogP contribution in [0.5, 0.6) is 0 Å². The Morgan fingerprint density at radius 2 is 2.29 bits per heavy atom. The topological polar surface area (TPSA) is 64.2 Å². The molecular weight excluding hydrogens is 216 g/mol. The van der Waals surface area contributed by atoms with Crippen molar-refractivity contribution in [2.45, 2.75) is 26.8 Å². The number of aromatic nitrogens is 2. The molecule has 1 atom stereocenters. The van der Waals surface area contributed by atoms with Crippen molar-refractivity contribution in [1.82, 2.24) is 14.7 Å². The van der Waals surface area contributed by atoms with Crippen LogP contribution in [0.15, 0.2) is 12.3 Å². The zero-order valence-corrected chi connectivity index (χ0v) is 10.5. The number of carbonyl (C=O) groups excluding carboxylic acids is 1. The van der Waals surface area contributed by atoms with Crippen molar-refractivity contribution in [1.29, 1.82) is 0 Å². The molecule has 5 nitrogen and oxygen atoms in total. The molecule has 0 aromatic carbocycles. The fourth-order valence-corrected chi connectivity index (χ4v) is 2.19. The van der Waals surface area contributed by atoms with Crippen LogP contribution in [0.1, 0.15) is 20.3 Å². The first-order chi connectivity index (χ1) is 8.06. The predicted octanol–water partition coefficient (Wildman–Crippen LogP) is 0.970. The normalized spacial score (nSPS) is 20.5. The summed E-state index contributed by atoms with van der Waals surface area (Å²) in [5, 5.41) is 4.11. The lowest BCUT2D eigenvalue weighted by Crippen LogP contribution is -2.29. The third kappa shape index (κ3) is 2.78. The summed E-state index contributed by atoms with van der Waals surface area (Å²) in [6.07, 6.45) is 2.54. The third-order valence-electron chi connectivity index (χ3n) is 3.45. The molecule has 2 heterocycles. The zero-order chi connectivity index (χ0) is 12.4. The Morgan fingerprint density at radius 3 is 2.82 bits per heavy atom. The van der Waals surface area contributed by atoms with Crippen LogP contribution >= 0.6 is 0 Å². The van der Waals surface area contributed by atoms with Gasteiger partial charge in [-0.3, -0.25) is 9.48 Å². The first kappa shape index (κ1) is 12.0. The van der Waals surface area contributed by atoms with Gasteiger partial charge in [0.1, 0.15) is 5.82 Å². The zero-order valence-electron chi connectivity index (χ0n) is 10.5. The summed E-state index contributed by atoms with van der Waals surface area (Å²) in [4.78, 5) is 13.7. The smallest absolute Gasteiger partial charge is 0.222 e. The Morgan fingerprint density at radius 1 is 1.53 bits per heavy atom. The molecule has 5 heteroatoms. The lowest BCUT2D eigenvalue weighted by molar-refractivity contribution is -0.127. The minimum absolute atomic E-state index is 0.267. The molecule has 94 valence electrons. The monoisotopic (exact) mass is 236 g/mol. The average Bonchev–Trinajstić information content (AvgIpc) is 2.82. The van der Waals surface area contributed by atoms with Crippen LogP contribution in [0.4, 0.5) is 5.82 Å². The number of amides is 1. The Bertz CT molecular complexity index is 399. The van der Waals surface area contributed by atoms with Gasteiger partial charge in [-0.25, -0.2) is 0 Å². The van der Waals surface area contributed by atoms with Gasteiger partial charge in [-0.1, -0.05) is 13.8 Å². The summed E-state index contributed by atoms with van der Waals surface area (Å²) in [6.45, 7) is 6.68. The van der Waals surface area contributed by atoms with Crippen molar-refractivity contribution in [2.24, 2.45) is 11.8 Å². The van der Waals surface area contributed by atoms with Crippen LogP contribution in [0, 0.1) is 11.8 Å². The number of nitrogens with zero attached hydrogens (tertiary/aromatic N) is 3. The van der Waals surface area contributed by atoms with Gasteiger partial charge in [0, 0.05) is 25.7 Å². The number of nitrogen functional groups attached to an aromatic ring is 1. The lowest BCUT2D eigenvalue weighted by atomic mass is 9.95. The van der Waals surface area contributed by atoms with Gasteiger partial charge in [-0.05, 0) is 17.9 Å². The van der Waals surface area contributed by atoms with Gasteiger partial charge in [0.05, 0.1) is 6.54 Å². The average molecular weight is 236 g/mol. The van der Waals surface area contributed by atoms with Crippen LogP contribution in [0.25, 0.3) is 0 Å². The van der Waals surface area contributed by atoms with Crippen molar-refractivity contribution in [3.63, 3.8) is 0 Å². The highest BCUT2D eigenvalue weighted by Crippen LogP contribution is 2.24. The number of hydrogen-bond acceptors (Lipinski definition) is 3. The SMILES string of the molecule is CC(C)C1CC(=O)N(CCn2ccc(N)n2)C1. The molecule has 0 aliphatic carbocycles. The van der Waals surface area contributed by atoms with Gasteiger partial charge in [0.2, 0.25) is 5.91 Å². The number of hydrogen-bond donors (Lipinski definition) is 1. The molecule has 0 bridgehead atoms. The summed E-state index contributed by atoms with van der Waals surface area (Å²) in [5.41, 5.74) is 5.54. The van der Waals surface area contributed by atoms with E-state index in [4.69, 9.17) is 5.73 Å². The van der Waals surface area contributed by atoms with Crippen molar-refractivity contribution in [2.75, 3.05) is 18.8 Å². The number of rotatable bonds is 4. The van der Waals surface area contributed by atoms with E-state index in [1.807, 2.05) is 11.1 Å². The van der Waals surface area contributed by atoms with Gasteiger partial charge in [-0.15, -0.1) is 0 Å². The van der Waals surface area contributed by atoms with Crippen LogP contribution < -0.4 is 5.73 Å². The van der Waals surface area contributed by atoms with Crippen molar-refractivity contribution >= 4 is 11.7 Å². The van der Waals surface area contributed by atoms with E-state index >= 15 is 0 Å². The highest BCUT2D eigenvalue weighted by atomic mass is 16.2. The Kier molecular flexibility index (Phi) is 3.36. The fraction of sp³-hybridized carbons (Fsp3) is 0.667. The molecule has 0 saturated carbocycles. The molecule has 0 spiro atoms. The molecule has 17 heavy (non-hydrogen) atoms. The maximum absolute atomic E-state index is 11.8. The molecule has 1 aliphatic rings. The summed E-state index contributed by atoms with van der Waals surface area (Å²) < 4.78 is 1.78. The molecule has 2 N–H and O–H groups in total. The predicted molar refractivity (Wildman–Crippen MR) is 66.2 cm³/mol. The van der Waals surface area contributed by atoms with Crippen LogP contribution in [0.3, 0.4) is 0 Å². The maximum Gasteiger partial charge on any atom is 0.222 e. The minimum atomic E-state index is 0.267. The van der Waals surface area contributed by atoms with Gasteiger partial charge < -0.3 is 10.6 Å². The van der Waals surface area contributed by atoms with Crippen molar-refractivity contribution in [3.05, 3.63) is 12.3 Å². The molecule has 1 aliphatic heterocycles. The molecule has 1 aromatic heterocycles. The minimum Gasteiger partial charge on any atom is -0.382 e. The van der Waals surface area contributed by atoms with Crippen LogP contribution in [-0.2, 0) is 11.3 Å². The molecule has 0 radical (unpaired) electrons. The van der Waals surface area contributed by atoms with Gasteiger partial charge >= 0.3 is 0 Å². The number of carbonyl (C=O) groups is 1. The first-order valence-corrected chi connectivity index (χ1v) is 6.13. The Labute approximate surface area is 102 Å². The number of nitrogens with two attached hydrogens (primary N) is 1. The highest BCUT2D eigenvalue weighted by molar-refractivity contribution is 5.78. The standard InChI is InChI=1S/C12H20N4O/c1-9(2)10-7-12(17)15(8-10)5-6-16-4-3-11(13)14-16/h3-4,9-10H,5-8H2,1-2H3,(H2,13,14). The summed E-state index contributed by atoms with van der Waals surface area (Å²) >= 11 is 0. The second kappa shape index (κ2) is 4.77. The van der Waals surface area contributed by atoms with E-state index in [2.05, 4.69) is 18.9 Å². The van der Waals surface area contributed by atoms with E-state index < -0.39 is 0 Å². The number of likely N-dealkylation sites (tertiary alicyclic amines) is 1. The van der Waals surface area contributed by atoms with Crippen molar-refractivity contribution in [3.8, 4) is 0 Å².